The van der Waals surface area contributed by atoms with Crippen LogP contribution in [0.25, 0.3) is 11.3 Å². The van der Waals surface area contributed by atoms with Gasteiger partial charge in [-0.3, -0.25) is 9.48 Å². The third-order valence-corrected chi connectivity index (χ3v) is 8.78. The van der Waals surface area contributed by atoms with E-state index in [1.807, 2.05) is 32.0 Å². The molecule has 1 aliphatic heterocycles. The largest absolute Gasteiger partial charge is 0.336 e. The summed E-state index contributed by atoms with van der Waals surface area (Å²) in [5.74, 6) is -0.178. The van der Waals surface area contributed by atoms with E-state index >= 15 is 0 Å². The predicted octanol–water partition coefficient (Wildman–Crippen LogP) is 3.57. The molecular weight excluding hydrogens is 456 g/mol. The molecule has 0 saturated carbocycles. The summed E-state index contributed by atoms with van der Waals surface area (Å²) in [5.41, 5.74) is 1.67. The smallest absolute Gasteiger partial charge is 0.257 e. The highest BCUT2D eigenvalue weighted by molar-refractivity contribution is 7.89. The zero-order chi connectivity index (χ0) is 22.3. The second kappa shape index (κ2) is 8.38. The summed E-state index contributed by atoms with van der Waals surface area (Å²) in [4.78, 5) is 17.1. The number of thiophene rings is 1. The lowest BCUT2D eigenvalue weighted by molar-refractivity contribution is 0.0698. The van der Waals surface area contributed by atoms with Crippen LogP contribution in [0.3, 0.4) is 0 Å². The number of nitrogens with zero attached hydrogens (tertiary/aromatic N) is 4. The van der Waals surface area contributed by atoms with Crippen LogP contribution in [0.4, 0.5) is 0 Å². The van der Waals surface area contributed by atoms with Gasteiger partial charge in [0, 0.05) is 54.7 Å². The molecule has 1 saturated heterocycles. The molecule has 3 aromatic rings. The van der Waals surface area contributed by atoms with Crippen molar-refractivity contribution in [1.82, 2.24) is 19.0 Å². The maximum atomic E-state index is 13.3. The van der Waals surface area contributed by atoms with Gasteiger partial charge in [-0.05, 0) is 26.0 Å². The van der Waals surface area contributed by atoms with Crippen molar-refractivity contribution in [2.24, 2.45) is 7.05 Å². The first-order valence-corrected chi connectivity index (χ1v) is 12.5. The van der Waals surface area contributed by atoms with E-state index in [-0.39, 0.29) is 19.0 Å². The van der Waals surface area contributed by atoms with E-state index in [1.54, 1.807) is 35.0 Å². The molecular formula is C21H23ClN4O3S2. The van der Waals surface area contributed by atoms with Gasteiger partial charge in [-0.15, -0.1) is 11.3 Å². The highest BCUT2D eigenvalue weighted by Crippen LogP contribution is 2.31. The van der Waals surface area contributed by atoms with Gasteiger partial charge in [0.25, 0.3) is 5.91 Å². The maximum absolute atomic E-state index is 13.3. The number of rotatable bonds is 4. The van der Waals surface area contributed by atoms with Crippen LogP contribution in [-0.4, -0.2) is 59.5 Å². The third kappa shape index (κ3) is 4.15. The number of sulfonamides is 1. The van der Waals surface area contributed by atoms with E-state index in [2.05, 4.69) is 5.10 Å². The Kier molecular flexibility index (Phi) is 5.95. The number of carbonyl (C=O) groups is 1. The van der Waals surface area contributed by atoms with Crippen LogP contribution in [0.15, 0.2) is 41.4 Å². The van der Waals surface area contributed by atoms with Crippen molar-refractivity contribution in [3.05, 3.63) is 56.9 Å². The number of carbonyl (C=O) groups excluding carboxylic acids is 1. The summed E-state index contributed by atoms with van der Waals surface area (Å²) >= 11 is 7.80. The SMILES string of the molecule is Cc1cc(S(=O)(=O)N2CCN(C(=O)c3cn(C)nc3-c3ccccc3Cl)CC2)c(C)s1. The fraction of sp³-hybridized carbons (Fsp3) is 0.333. The second-order valence-electron chi connectivity index (χ2n) is 7.52. The Balaban J connectivity index is 1.54. The van der Waals surface area contributed by atoms with Gasteiger partial charge >= 0.3 is 0 Å². The summed E-state index contributed by atoms with van der Waals surface area (Å²) in [5, 5.41) is 4.96. The molecule has 0 aliphatic carbocycles. The van der Waals surface area contributed by atoms with Gasteiger partial charge in [0.1, 0.15) is 5.69 Å². The molecule has 1 aromatic carbocycles. The minimum atomic E-state index is -3.57. The Morgan fingerprint density at radius 2 is 1.81 bits per heavy atom. The Morgan fingerprint density at radius 3 is 2.42 bits per heavy atom. The minimum Gasteiger partial charge on any atom is -0.336 e. The van der Waals surface area contributed by atoms with E-state index in [4.69, 9.17) is 11.6 Å². The molecule has 10 heteroatoms. The third-order valence-electron chi connectivity index (χ3n) is 5.33. The molecule has 1 fully saturated rings. The molecule has 2 aromatic heterocycles. The molecule has 1 amide bonds. The predicted molar refractivity (Wildman–Crippen MR) is 122 cm³/mol. The second-order valence-corrected chi connectivity index (χ2v) is 11.3. The monoisotopic (exact) mass is 478 g/mol. The quantitative estimate of drug-likeness (QED) is 0.574. The van der Waals surface area contributed by atoms with Gasteiger partial charge in [-0.1, -0.05) is 29.8 Å². The summed E-state index contributed by atoms with van der Waals surface area (Å²) in [6.45, 7) is 4.86. The number of aryl methyl sites for hydroxylation is 3. The first kappa shape index (κ1) is 22.0. The number of hydrogen-bond donors (Lipinski definition) is 0. The number of amides is 1. The molecule has 7 nitrogen and oxygen atoms in total. The van der Waals surface area contributed by atoms with Crippen LogP contribution in [0.5, 0.6) is 0 Å². The van der Waals surface area contributed by atoms with E-state index in [1.165, 1.54) is 15.6 Å². The molecule has 0 spiro atoms. The number of halogens is 1. The van der Waals surface area contributed by atoms with Crippen LogP contribution in [0.2, 0.25) is 5.02 Å². The summed E-state index contributed by atoms with van der Waals surface area (Å²) in [6.07, 6.45) is 1.68. The Hall–Kier alpha value is -2.20. The summed E-state index contributed by atoms with van der Waals surface area (Å²) in [6, 6.07) is 8.99. The van der Waals surface area contributed by atoms with Crippen LogP contribution in [-0.2, 0) is 17.1 Å². The molecule has 1 aliphatic rings. The van der Waals surface area contributed by atoms with Gasteiger partial charge in [-0.25, -0.2) is 8.42 Å². The normalized spacial score (nSPS) is 15.4. The van der Waals surface area contributed by atoms with Crippen LogP contribution >= 0.6 is 22.9 Å². The van der Waals surface area contributed by atoms with Crippen LogP contribution in [0.1, 0.15) is 20.1 Å². The molecule has 4 rings (SSSR count). The van der Waals surface area contributed by atoms with Gasteiger partial charge in [-0.2, -0.15) is 9.40 Å². The van der Waals surface area contributed by atoms with Crippen molar-refractivity contribution in [1.29, 1.82) is 0 Å². The number of benzene rings is 1. The first-order valence-electron chi connectivity index (χ1n) is 9.83. The fourth-order valence-corrected chi connectivity index (χ4v) is 6.97. The van der Waals surface area contributed by atoms with Crippen molar-refractivity contribution >= 4 is 38.9 Å². The highest BCUT2D eigenvalue weighted by Gasteiger charge is 2.33. The van der Waals surface area contributed by atoms with Crippen LogP contribution < -0.4 is 0 Å². The average molecular weight is 479 g/mol. The Labute approximate surface area is 190 Å². The summed E-state index contributed by atoms with van der Waals surface area (Å²) < 4.78 is 29.2. The lowest BCUT2D eigenvalue weighted by atomic mass is 10.1. The summed E-state index contributed by atoms with van der Waals surface area (Å²) in [7, 11) is -1.81. The van der Waals surface area contributed by atoms with Gasteiger partial charge < -0.3 is 4.90 Å². The molecule has 0 bridgehead atoms. The first-order chi connectivity index (χ1) is 14.7. The minimum absolute atomic E-state index is 0.178. The van der Waals surface area contributed by atoms with E-state index in [9.17, 15) is 13.2 Å². The van der Waals surface area contributed by atoms with E-state index < -0.39 is 10.0 Å². The average Bonchev–Trinajstić information content (AvgIpc) is 3.29. The van der Waals surface area contributed by atoms with Crippen molar-refractivity contribution in [2.75, 3.05) is 26.2 Å². The van der Waals surface area contributed by atoms with E-state index in [0.717, 1.165) is 9.75 Å². The molecule has 164 valence electrons. The van der Waals surface area contributed by atoms with Crippen molar-refractivity contribution in [3.8, 4) is 11.3 Å². The van der Waals surface area contributed by atoms with Crippen molar-refractivity contribution in [2.45, 2.75) is 18.7 Å². The molecule has 0 N–H and O–H groups in total. The maximum Gasteiger partial charge on any atom is 0.257 e. The molecule has 31 heavy (non-hydrogen) atoms. The molecule has 0 radical (unpaired) electrons. The molecule has 3 heterocycles. The number of hydrogen-bond acceptors (Lipinski definition) is 5. The van der Waals surface area contributed by atoms with Crippen molar-refractivity contribution < 1.29 is 13.2 Å². The van der Waals surface area contributed by atoms with Crippen molar-refractivity contribution in [3.63, 3.8) is 0 Å². The topological polar surface area (TPSA) is 75.5 Å². The Morgan fingerprint density at radius 1 is 1.13 bits per heavy atom. The lowest BCUT2D eigenvalue weighted by Crippen LogP contribution is -2.50. The van der Waals surface area contributed by atoms with Gasteiger partial charge in [0.2, 0.25) is 10.0 Å². The Bertz CT molecular complexity index is 1240. The zero-order valence-electron chi connectivity index (χ0n) is 17.5. The molecule has 0 atom stereocenters. The number of piperazine rings is 1. The highest BCUT2D eigenvalue weighted by atomic mass is 35.5. The molecule has 0 unspecified atom stereocenters. The van der Waals surface area contributed by atoms with E-state index in [0.29, 0.717) is 39.8 Å². The fourth-order valence-electron chi connectivity index (χ4n) is 3.80. The van der Waals surface area contributed by atoms with Gasteiger partial charge in [0.05, 0.1) is 15.5 Å². The van der Waals surface area contributed by atoms with Gasteiger partial charge in [0.15, 0.2) is 0 Å². The van der Waals surface area contributed by atoms with Crippen LogP contribution in [0, 0.1) is 13.8 Å². The standard InChI is InChI=1S/C21H23ClN4O3S2/c1-14-12-19(15(2)30-14)31(28,29)26-10-8-25(9-11-26)21(27)17-13-24(3)23-20(17)16-6-4-5-7-18(16)22/h4-7,12-13H,8-11H2,1-3H3. The zero-order valence-corrected chi connectivity index (χ0v) is 19.9. The lowest BCUT2D eigenvalue weighted by Gasteiger charge is -2.34. The number of aromatic nitrogens is 2.